The number of anilines is 1. The highest BCUT2D eigenvalue weighted by molar-refractivity contribution is 7.92. The van der Waals surface area contributed by atoms with Gasteiger partial charge in [0.2, 0.25) is 0 Å². The number of sulfonamides is 1. The molecule has 0 aliphatic carbocycles. The number of hydrogen-bond donors (Lipinski definition) is 1. The fourth-order valence-corrected chi connectivity index (χ4v) is 4.29. The molecule has 0 spiro atoms. The molecule has 27 heavy (non-hydrogen) atoms. The van der Waals surface area contributed by atoms with Gasteiger partial charge in [0.05, 0.1) is 10.6 Å². The lowest BCUT2D eigenvalue weighted by molar-refractivity contribution is 0.0787. The van der Waals surface area contributed by atoms with Crippen LogP contribution in [0, 0.1) is 5.92 Å². The molecule has 1 aliphatic heterocycles. The summed E-state index contributed by atoms with van der Waals surface area (Å²) in [5.41, 5.74) is 6.74. The fraction of sp³-hybridized carbons (Fsp3) is 0.316. The zero-order valence-corrected chi connectivity index (χ0v) is 16.7. The van der Waals surface area contributed by atoms with Crippen LogP contribution in [-0.4, -0.2) is 45.9 Å². The number of carbonyl (C=O) groups excluding carboxylic acids is 1. The van der Waals surface area contributed by atoms with E-state index in [1.807, 2.05) is 6.07 Å². The predicted octanol–water partition coefficient (Wildman–Crippen LogP) is 2.35. The Kier molecular flexibility index (Phi) is 6.86. The van der Waals surface area contributed by atoms with Crippen molar-refractivity contribution in [1.29, 1.82) is 0 Å². The van der Waals surface area contributed by atoms with Crippen molar-refractivity contribution in [1.82, 2.24) is 4.90 Å². The second kappa shape index (κ2) is 8.73. The molecule has 0 bridgehead atoms. The van der Waals surface area contributed by atoms with E-state index in [2.05, 4.69) is 0 Å². The maximum atomic E-state index is 12.8. The Morgan fingerprint density at radius 1 is 1.15 bits per heavy atom. The topological polar surface area (TPSA) is 83.7 Å². The van der Waals surface area contributed by atoms with Crippen LogP contribution in [0.3, 0.4) is 0 Å². The Hall–Kier alpha value is -2.09. The monoisotopic (exact) mass is 409 g/mol. The van der Waals surface area contributed by atoms with Gasteiger partial charge in [-0.15, -0.1) is 12.4 Å². The molecule has 1 fully saturated rings. The van der Waals surface area contributed by atoms with Crippen LogP contribution < -0.4 is 10.0 Å². The molecular formula is C19H24ClN3O3S. The lowest BCUT2D eigenvalue weighted by Gasteiger charge is -2.20. The molecule has 0 aromatic heterocycles. The smallest absolute Gasteiger partial charge is 0.264 e. The molecule has 0 radical (unpaired) electrons. The van der Waals surface area contributed by atoms with Crippen molar-refractivity contribution in [2.45, 2.75) is 11.3 Å². The number of nitrogens with two attached hydrogens (primary N) is 1. The third-order valence-electron chi connectivity index (χ3n) is 4.79. The molecule has 1 saturated heterocycles. The summed E-state index contributed by atoms with van der Waals surface area (Å²) in [5.74, 6) is 0.263. The van der Waals surface area contributed by atoms with Crippen LogP contribution in [0.1, 0.15) is 16.8 Å². The maximum Gasteiger partial charge on any atom is 0.264 e. The number of para-hydroxylation sites is 1. The summed E-state index contributed by atoms with van der Waals surface area (Å²) in [4.78, 5) is 14.5. The average molecular weight is 410 g/mol. The summed E-state index contributed by atoms with van der Waals surface area (Å²) >= 11 is 0. The molecule has 2 N–H and O–H groups in total. The van der Waals surface area contributed by atoms with E-state index in [4.69, 9.17) is 5.73 Å². The second-order valence-corrected chi connectivity index (χ2v) is 8.44. The standard InChI is InChI=1S/C19H23N3O3S.ClH/c1-21(17-5-3-2-4-6-17)26(24,25)18-9-7-16(8-10-18)19(23)22-12-11-15(13-20)14-22;/h2-10,15H,11-14,20H2,1H3;1H. The van der Waals surface area contributed by atoms with E-state index in [0.717, 1.165) is 6.42 Å². The maximum absolute atomic E-state index is 12.8. The summed E-state index contributed by atoms with van der Waals surface area (Å²) in [6.45, 7) is 1.93. The van der Waals surface area contributed by atoms with E-state index < -0.39 is 10.0 Å². The molecule has 1 heterocycles. The highest BCUT2D eigenvalue weighted by Gasteiger charge is 2.27. The van der Waals surface area contributed by atoms with Crippen molar-refractivity contribution in [2.24, 2.45) is 11.7 Å². The first kappa shape index (κ1) is 21.2. The molecule has 1 aliphatic rings. The van der Waals surface area contributed by atoms with E-state index in [1.165, 1.54) is 23.5 Å². The molecular weight excluding hydrogens is 386 g/mol. The van der Waals surface area contributed by atoms with Gasteiger partial charge in [-0.05, 0) is 55.3 Å². The first-order valence-corrected chi connectivity index (χ1v) is 10.0. The summed E-state index contributed by atoms with van der Waals surface area (Å²) in [6.07, 6.45) is 0.913. The highest BCUT2D eigenvalue weighted by atomic mass is 35.5. The number of likely N-dealkylation sites (tertiary alicyclic amines) is 1. The molecule has 146 valence electrons. The predicted molar refractivity (Wildman–Crippen MR) is 109 cm³/mol. The first-order valence-electron chi connectivity index (χ1n) is 8.57. The van der Waals surface area contributed by atoms with Crippen molar-refractivity contribution in [3.05, 3.63) is 60.2 Å². The Morgan fingerprint density at radius 3 is 2.33 bits per heavy atom. The minimum atomic E-state index is -3.67. The van der Waals surface area contributed by atoms with E-state index in [9.17, 15) is 13.2 Å². The summed E-state index contributed by atoms with van der Waals surface area (Å²) in [5, 5.41) is 0. The van der Waals surface area contributed by atoms with Crippen molar-refractivity contribution >= 4 is 34.0 Å². The normalized spacial score (nSPS) is 16.7. The van der Waals surface area contributed by atoms with Gasteiger partial charge in [0.25, 0.3) is 15.9 Å². The number of benzene rings is 2. The van der Waals surface area contributed by atoms with Crippen molar-refractivity contribution in [3.8, 4) is 0 Å². The van der Waals surface area contributed by atoms with Crippen molar-refractivity contribution in [2.75, 3.05) is 31.0 Å². The lowest BCUT2D eigenvalue weighted by Crippen LogP contribution is -2.30. The molecule has 6 nitrogen and oxygen atoms in total. The summed E-state index contributed by atoms with van der Waals surface area (Å²) < 4.78 is 26.8. The molecule has 1 unspecified atom stereocenters. The SMILES string of the molecule is CN(c1ccccc1)S(=O)(=O)c1ccc(C(=O)N2CCC(CN)C2)cc1.Cl. The van der Waals surface area contributed by atoms with Gasteiger partial charge < -0.3 is 10.6 Å². The van der Waals surface area contributed by atoms with E-state index in [1.54, 1.807) is 41.3 Å². The van der Waals surface area contributed by atoms with E-state index >= 15 is 0 Å². The molecule has 2 aromatic rings. The van der Waals surface area contributed by atoms with Gasteiger partial charge in [0.1, 0.15) is 0 Å². The molecule has 1 amide bonds. The van der Waals surface area contributed by atoms with Crippen LogP contribution >= 0.6 is 12.4 Å². The Morgan fingerprint density at radius 2 is 1.78 bits per heavy atom. The van der Waals surface area contributed by atoms with Gasteiger partial charge in [-0.25, -0.2) is 8.42 Å². The number of hydrogen-bond acceptors (Lipinski definition) is 4. The van der Waals surface area contributed by atoms with E-state index in [0.29, 0.717) is 36.8 Å². The van der Waals surface area contributed by atoms with Gasteiger partial charge in [0, 0.05) is 25.7 Å². The number of halogens is 1. The Bertz CT molecular complexity index is 873. The highest BCUT2D eigenvalue weighted by Crippen LogP contribution is 2.23. The number of nitrogens with zero attached hydrogens (tertiary/aromatic N) is 2. The van der Waals surface area contributed by atoms with Gasteiger partial charge in [-0.2, -0.15) is 0 Å². The van der Waals surface area contributed by atoms with Crippen LogP contribution in [0.15, 0.2) is 59.5 Å². The van der Waals surface area contributed by atoms with Crippen molar-refractivity contribution < 1.29 is 13.2 Å². The number of rotatable bonds is 5. The minimum absolute atomic E-state index is 0. The molecule has 3 rings (SSSR count). The molecule has 2 aromatic carbocycles. The Balaban J connectivity index is 0.00000261. The largest absolute Gasteiger partial charge is 0.338 e. The second-order valence-electron chi connectivity index (χ2n) is 6.47. The summed E-state index contributed by atoms with van der Waals surface area (Å²) in [6, 6.07) is 15.0. The first-order chi connectivity index (χ1) is 12.4. The van der Waals surface area contributed by atoms with Crippen LogP contribution in [0.4, 0.5) is 5.69 Å². The van der Waals surface area contributed by atoms with Crippen molar-refractivity contribution in [3.63, 3.8) is 0 Å². The van der Waals surface area contributed by atoms with Gasteiger partial charge in [0.15, 0.2) is 0 Å². The van der Waals surface area contributed by atoms with Gasteiger partial charge in [-0.1, -0.05) is 18.2 Å². The lowest BCUT2D eigenvalue weighted by atomic mass is 10.1. The molecule has 0 saturated carbocycles. The Labute approximate surface area is 166 Å². The third kappa shape index (κ3) is 4.43. The zero-order chi connectivity index (χ0) is 18.7. The van der Waals surface area contributed by atoms with Crippen LogP contribution in [0.5, 0.6) is 0 Å². The summed E-state index contributed by atoms with van der Waals surface area (Å²) in [7, 11) is -2.16. The fourth-order valence-electron chi connectivity index (χ4n) is 3.10. The van der Waals surface area contributed by atoms with Crippen LogP contribution in [0.2, 0.25) is 0 Å². The quantitative estimate of drug-likeness (QED) is 0.821. The number of carbonyl (C=O) groups is 1. The van der Waals surface area contributed by atoms with Crippen LogP contribution in [0.25, 0.3) is 0 Å². The molecule has 8 heteroatoms. The van der Waals surface area contributed by atoms with Gasteiger partial charge >= 0.3 is 0 Å². The minimum Gasteiger partial charge on any atom is -0.338 e. The zero-order valence-electron chi connectivity index (χ0n) is 15.1. The average Bonchev–Trinajstić information content (AvgIpc) is 3.17. The molecule has 1 atom stereocenters. The van der Waals surface area contributed by atoms with Gasteiger partial charge in [-0.3, -0.25) is 9.10 Å². The third-order valence-corrected chi connectivity index (χ3v) is 6.59. The van der Waals surface area contributed by atoms with E-state index in [-0.39, 0.29) is 23.2 Å². The number of amides is 1. The van der Waals surface area contributed by atoms with Crippen LogP contribution in [-0.2, 0) is 10.0 Å².